The molecule has 0 radical (unpaired) electrons. The molecule has 0 aliphatic heterocycles. The standard InChI is InChI=1S/C49H47N/c1-49(2)45-16-10-9-15-43(45)48-44(39-13-7-4-8-14-39)32-42(33-46(48)49)50(41-29-27-38(28-30-41)37-11-5-3-6-12-37)47-31-36-22-21-34-17-19-35(20-18-34)23-25-40(47)26-24-36/h4,7-10,13-20,24,26-33,37H,3,5-6,11-12,21-23,25H2,1-2H3. The zero-order valence-corrected chi connectivity index (χ0v) is 29.6. The van der Waals surface area contributed by atoms with E-state index in [0.717, 1.165) is 25.7 Å². The van der Waals surface area contributed by atoms with E-state index in [9.17, 15) is 0 Å². The van der Waals surface area contributed by atoms with Crippen LogP contribution >= 0.6 is 0 Å². The Morgan fingerprint density at radius 1 is 0.520 bits per heavy atom. The van der Waals surface area contributed by atoms with Crippen LogP contribution in [-0.4, -0.2) is 0 Å². The summed E-state index contributed by atoms with van der Waals surface area (Å²) in [6, 6.07) is 51.5. The minimum atomic E-state index is -0.116. The van der Waals surface area contributed by atoms with Crippen molar-refractivity contribution in [2.24, 2.45) is 0 Å². The van der Waals surface area contributed by atoms with Gasteiger partial charge in [0.2, 0.25) is 0 Å². The summed E-state index contributed by atoms with van der Waals surface area (Å²) in [4.78, 5) is 2.60. The largest absolute Gasteiger partial charge is 0.310 e. The molecule has 50 heavy (non-hydrogen) atoms. The smallest absolute Gasteiger partial charge is 0.0496 e. The van der Waals surface area contributed by atoms with Gasteiger partial charge in [0, 0.05) is 22.5 Å². The fourth-order valence-corrected chi connectivity index (χ4v) is 9.16. The Balaban J connectivity index is 1.26. The molecule has 4 bridgehead atoms. The number of hydrogen-bond donors (Lipinski definition) is 0. The third-order valence-corrected chi connectivity index (χ3v) is 12.0. The van der Waals surface area contributed by atoms with Gasteiger partial charge in [-0.2, -0.15) is 0 Å². The zero-order valence-electron chi connectivity index (χ0n) is 29.6. The van der Waals surface area contributed by atoms with E-state index in [2.05, 4.69) is 152 Å². The highest BCUT2D eigenvalue weighted by Crippen LogP contribution is 2.54. The lowest BCUT2D eigenvalue weighted by atomic mass is 9.81. The highest BCUT2D eigenvalue weighted by atomic mass is 15.1. The van der Waals surface area contributed by atoms with Gasteiger partial charge in [0.15, 0.2) is 0 Å². The Labute approximate surface area is 298 Å². The molecular weight excluding hydrogens is 603 g/mol. The highest BCUT2D eigenvalue weighted by Gasteiger charge is 2.38. The van der Waals surface area contributed by atoms with Crippen molar-refractivity contribution < 1.29 is 0 Å². The van der Waals surface area contributed by atoms with E-state index < -0.39 is 0 Å². The predicted molar refractivity (Wildman–Crippen MR) is 211 cm³/mol. The van der Waals surface area contributed by atoms with Crippen molar-refractivity contribution in [3.8, 4) is 22.3 Å². The molecule has 1 saturated carbocycles. The first kappa shape index (κ1) is 31.1. The molecule has 0 aromatic heterocycles. The average Bonchev–Trinajstić information content (AvgIpc) is 3.40. The molecule has 0 N–H and O–H groups in total. The van der Waals surface area contributed by atoms with E-state index in [-0.39, 0.29) is 5.41 Å². The normalized spacial score (nSPS) is 16.4. The molecule has 0 unspecified atom stereocenters. The molecule has 6 aliphatic carbocycles. The maximum Gasteiger partial charge on any atom is 0.0496 e. The van der Waals surface area contributed by atoms with Gasteiger partial charge in [-0.05, 0) is 136 Å². The van der Waals surface area contributed by atoms with Crippen LogP contribution < -0.4 is 4.90 Å². The second-order valence-electron chi connectivity index (χ2n) is 15.5. The van der Waals surface area contributed by atoms with Crippen LogP contribution in [0.3, 0.4) is 0 Å². The van der Waals surface area contributed by atoms with Crippen molar-refractivity contribution in [3.63, 3.8) is 0 Å². The molecule has 0 saturated heterocycles. The number of rotatable bonds is 5. The van der Waals surface area contributed by atoms with Crippen LogP contribution in [0.5, 0.6) is 0 Å². The maximum absolute atomic E-state index is 2.60. The molecular formula is C49H47N. The second kappa shape index (κ2) is 12.8. The van der Waals surface area contributed by atoms with Gasteiger partial charge in [-0.15, -0.1) is 0 Å². The quantitative estimate of drug-likeness (QED) is 0.180. The van der Waals surface area contributed by atoms with E-state index in [1.165, 1.54) is 110 Å². The van der Waals surface area contributed by atoms with E-state index in [4.69, 9.17) is 0 Å². The molecule has 12 rings (SSSR count). The Morgan fingerprint density at radius 3 is 1.94 bits per heavy atom. The Kier molecular flexibility index (Phi) is 7.96. The minimum Gasteiger partial charge on any atom is -0.310 e. The number of anilines is 3. The van der Waals surface area contributed by atoms with E-state index in [1.54, 1.807) is 0 Å². The number of aryl methyl sites for hydroxylation is 4. The summed E-state index contributed by atoms with van der Waals surface area (Å²) in [5, 5.41) is 0. The van der Waals surface area contributed by atoms with Gasteiger partial charge in [-0.1, -0.05) is 136 Å². The lowest BCUT2D eigenvalue weighted by Crippen LogP contribution is -2.18. The zero-order chi connectivity index (χ0) is 33.7. The summed E-state index contributed by atoms with van der Waals surface area (Å²) in [5.41, 5.74) is 19.0. The maximum atomic E-state index is 2.60. The summed E-state index contributed by atoms with van der Waals surface area (Å²) >= 11 is 0. The molecule has 6 aliphatic rings. The van der Waals surface area contributed by atoms with Gasteiger partial charge in [0.25, 0.3) is 0 Å². The molecule has 1 heteroatoms. The SMILES string of the molecule is CC1(C)c2ccccc2-c2c(-c3ccccc3)cc(N(c3ccc(C4CCCCC4)cc3)c3cc4ccc3CCc3ccc(cc3)CC4)cc21. The number of nitrogens with zero attached hydrogens (tertiary/aromatic N) is 1. The van der Waals surface area contributed by atoms with E-state index >= 15 is 0 Å². The van der Waals surface area contributed by atoms with Crippen molar-refractivity contribution >= 4 is 17.1 Å². The lowest BCUT2D eigenvalue weighted by molar-refractivity contribution is 0.443. The van der Waals surface area contributed by atoms with Crippen molar-refractivity contribution in [2.45, 2.75) is 83.0 Å². The van der Waals surface area contributed by atoms with Crippen molar-refractivity contribution in [3.05, 3.63) is 172 Å². The molecule has 6 aromatic rings. The summed E-state index contributed by atoms with van der Waals surface area (Å²) in [6.45, 7) is 4.82. The monoisotopic (exact) mass is 649 g/mol. The Hall–Kier alpha value is -4.88. The molecule has 6 aromatic carbocycles. The number of fused-ring (bicyclic) bond motifs is 3. The number of hydrogen-bond acceptors (Lipinski definition) is 1. The van der Waals surface area contributed by atoms with Crippen LogP contribution in [0, 0.1) is 0 Å². The van der Waals surface area contributed by atoms with Gasteiger partial charge in [0.05, 0.1) is 0 Å². The first-order valence-electron chi connectivity index (χ1n) is 19.0. The first-order valence-corrected chi connectivity index (χ1v) is 19.0. The minimum absolute atomic E-state index is 0.116. The van der Waals surface area contributed by atoms with Gasteiger partial charge in [0.1, 0.15) is 0 Å². The summed E-state index contributed by atoms with van der Waals surface area (Å²) in [7, 11) is 0. The predicted octanol–water partition coefficient (Wildman–Crippen LogP) is 13.1. The van der Waals surface area contributed by atoms with Crippen molar-refractivity contribution in [1.82, 2.24) is 0 Å². The molecule has 248 valence electrons. The highest BCUT2D eigenvalue weighted by molar-refractivity contribution is 5.96. The fourth-order valence-electron chi connectivity index (χ4n) is 9.16. The topological polar surface area (TPSA) is 3.24 Å². The van der Waals surface area contributed by atoms with Gasteiger partial charge >= 0.3 is 0 Å². The molecule has 1 nitrogen and oxygen atoms in total. The second-order valence-corrected chi connectivity index (χ2v) is 15.5. The lowest BCUT2D eigenvalue weighted by Gasteiger charge is -2.32. The average molecular weight is 650 g/mol. The molecule has 1 fully saturated rings. The molecule has 0 heterocycles. The van der Waals surface area contributed by atoms with Crippen LogP contribution in [0.4, 0.5) is 17.1 Å². The number of benzene rings is 6. The molecule has 0 spiro atoms. The summed E-state index contributed by atoms with van der Waals surface area (Å²) in [5.74, 6) is 0.686. The van der Waals surface area contributed by atoms with Crippen LogP contribution in [0.25, 0.3) is 22.3 Å². The van der Waals surface area contributed by atoms with Crippen molar-refractivity contribution in [1.29, 1.82) is 0 Å². The van der Waals surface area contributed by atoms with E-state index in [1.807, 2.05) is 0 Å². The van der Waals surface area contributed by atoms with Gasteiger partial charge < -0.3 is 4.90 Å². The van der Waals surface area contributed by atoms with Crippen molar-refractivity contribution in [2.75, 3.05) is 4.90 Å². The summed E-state index contributed by atoms with van der Waals surface area (Å²) < 4.78 is 0. The van der Waals surface area contributed by atoms with Crippen LogP contribution in [-0.2, 0) is 31.1 Å². The Morgan fingerprint density at radius 2 is 1.18 bits per heavy atom. The third-order valence-electron chi connectivity index (χ3n) is 12.0. The van der Waals surface area contributed by atoms with Crippen LogP contribution in [0.2, 0.25) is 0 Å². The third kappa shape index (κ3) is 5.58. The van der Waals surface area contributed by atoms with Gasteiger partial charge in [-0.25, -0.2) is 0 Å². The van der Waals surface area contributed by atoms with Crippen LogP contribution in [0.15, 0.2) is 133 Å². The molecule has 0 amide bonds. The molecule has 0 atom stereocenters. The first-order chi connectivity index (χ1) is 24.5. The Bertz CT molecular complexity index is 2150. The summed E-state index contributed by atoms with van der Waals surface area (Å²) in [6.07, 6.45) is 10.8. The van der Waals surface area contributed by atoms with Gasteiger partial charge in [-0.3, -0.25) is 0 Å². The van der Waals surface area contributed by atoms with Crippen LogP contribution in [0.1, 0.15) is 90.8 Å². The van der Waals surface area contributed by atoms with E-state index in [0.29, 0.717) is 5.92 Å². The fraction of sp³-hybridized carbons (Fsp3) is 0.265.